The van der Waals surface area contributed by atoms with E-state index in [1.807, 2.05) is 42.5 Å². The molecule has 0 fully saturated rings. The Morgan fingerprint density at radius 2 is 1.85 bits per heavy atom. The molecule has 0 N–H and O–H groups in total. The zero-order valence-electron chi connectivity index (χ0n) is 13.8. The fourth-order valence-electron chi connectivity index (χ4n) is 2.86. The van der Waals surface area contributed by atoms with Crippen molar-refractivity contribution in [2.45, 2.75) is 0 Å². The lowest BCUT2D eigenvalue weighted by molar-refractivity contribution is -0.385. The smallest absolute Gasteiger partial charge is 0.363 e. The molecule has 0 spiro atoms. The molecule has 0 saturated heterocycles. The zero-order valence-corrected chi connectivity index (χ0v) is 15.3. The highest BCUT2D eigenvalue weighted by molar-refractivity contribution is 9.10. The van der Waals surface area contributed by atoms with E-state index in [-0.39, 0.29) is 17.3 Å². The number of hydrogen-bond acceptors (Lipinski definition) is 5. The second kappa shape index (κ2) is 6.77. The van der Waals surface area contributed by atoms with Gasteiger partial charge in [0.05, 0.1) is 9.40 Å². The fraction of sp³-hybridized carbons (Fsp3) is 0. The Balaban J connectivity index is 1.74. The molecule has 3 aromatic rings. The van der Waals surface area contributed by atoms with Gasteiger partial charge in [0.25, 0.3) is 5.69 Å². The molecule has 0 atom stereocenters. The first-order chi connectivity index (χ1) is 13.0. The van der Waals surface area contributed by atoms with E-state index in [0.29, 0.717) is 10.0 Å². The third kappa shape index (κ3) is 3.24. The van der Waals surface area contributed by atoms with Gasteiger partial charge in [0.2, 0.25) is 5.90 Å². The Hall–Kier alpha value is -3.32. The molecule has 0 unspecified atom stereocenters. The van der Waals surface area contributed by atoms with Crippen molar-refractivity contribution in [3.8, 4) is 0 Å². The molecular formula is C20H11BrN2O4. The first-order valence-electron chi connectivity index (χ1n) is 7.97. The van der Waals surface area contributed by atoms with E-state index in [4.69, 9.17) is 4.74 Å². The van der Waals surface area contributed by atoms with Crippen LogP contribution in [0.5, 0.6) is 0 Å². The number of rotatable bonds is 3. The van der Waals surface area contributed by atoms with Crippen molar-refractivity contribution >= 4 is 50.3 Å². The molecular weight excluding hydrogens is 412 g/mol. The lowest BCUT2D eigenvalue weighted by Crippen LogP contribution is -2.05. The maximum Gasteiger partial charge on any atom is 0.363 e. The van der Waals surface area contributed by atoms with E-state index >= 15 is 0 Å². The standard InChI is InChI=1S/C20H11BrN2O4/c21-16-10-12(8-9-18(16)23(25)26)11-17-20(24)27-19(22-17)15-7-3-5-13-4-1-2-6-14(13)15/h1-11H/b17-11+. The van der Waals surface area contributed by atoms with Crippen molar-refractivity contribution in [2.75, 3.05) is 0 Å². The number of nitro groups is 1. The van der Waals surface area contributed by atoms with Crippen LogP contribution in [0.2, 0.25) is 0 Å². The van der Waals surface area contributed by atoms with Gasteiger partial charge >= 0.3 is 5.97 Å². The summed E-state index contributed by atoms with van der Waals surface area (Å²) in [4.78, 5) is 27.0. The second-order valence-electron chi connectivity index (χ2n) is 5.83. The highest BCUT2D eigenvalue weighted by atomic mass is 79.9. The molecule has 7 heteroatoms. The van der Waals surface area contributed by atoms with Crippen LogP contribution in [-0.4, -0.2) is 16.8 Å². The highest BCUT2D eigenvalue weighted by Gasteiger charge is 2.25. The van der Waals surface area contributed by atoms with Crippen LogP contribution in [0, 0.1) is 10.1 Å². The molecule has 0 amide bonds. The van der Waals surface area contributed by atoms with Gasteiger partial charge in [-0.1, -0.05) is 36.4 Å². The number of benzene rings is 3. The zero-order chi connectivity index (χ0) is 19.0. The van der Waals surface area contributed by atoms with Crippen LogP contribution in [0.3, 0.4) is 0 Å². The third-order valence-electron chi connectivity index (χ3n) is 4.11. The Morgan fingerprint density at radius 1 is 1.07 bits per heavy atom. The fourth-order valence-corrected chi connectivity index (χ4v) is 3.40. The van der Waals surface area contributed by atoms with Gasteiger partial charge in [0.1, 0.15) is 0 Å². The van der Waals surface area contributed by atoms with E-state index in [1.54, 1.807) is 12.1 Å². The van der Waals surface area contributed by atoms with Crippen LogP contribution in [0.15, 0.2) is 75.8 Å². The summed E-state index contributed by atoms with van der Waals surface area (Å²) < 4.78 is 5.68. The maximum atomic E-state index is 12.2. The van der Waals surface area contributed by atoms with Crippen molar-refractivity contribution in [3.05, 3.63) is 92.1 Å². The summed E-state index contributed by atoms with van der Waals surface area (Å²) in [5.41, 5.74) is 1.42. The number of carbonyl (C=O) groups excluding carboxylic acids is 1. The van der Waals surface area contributed by atoms with Crippen LogP contribution < -0.4 is 0 Å². The summed E-state index contributed by atoms with van der Waals surface area (Å²) in [6.07, 6.45) is 1.54. The molecule has 132 valence electrons. The number of cyclic esters (lactones) is 1. The van der Waals surface area contributed by atoms with Crippen LogP contribution in [0.1, 0.15) is 11.1 Å². The average molecular weight is 423 g/mol. The van der Waals surface area contributed by atoms with Gasteiger partial charge < -0.3 is 4.74 Å². The summed E-state index contributed by atoms with van der Waals surface area (Å²) in [5, 5.41) is 12.9. The van der Waals surface area contributed by atoms with E-state index in [2.05, 4.69) is 20.9 Å². The van der Waals surface area contributed by atoms with Gasteiger partial charge in [-0.25, -0.2) is 9.79 Å². The van der Waals surface area contributed by atoms with Crippen LogP contribution >= 0.6 is 15.9 Å². The third-order valence-corrected chi connectivity index (χ3v) is 4.75. The SMILES string of the molecule is O=C1OC(c2cccc3ccccc23)=N/C1=C/c1ccc([N+](=O)[O-])c(Br)c1. The molecule has 0 saturated carbocycles. The van der Waals surface area contributed by atoms with Gasteiger partial charge in [-0.15, -0.1) is 0 Å². The molecule has 0 aliphatic carbocycles. The van der Waals surface area contributed by atoms with Crippen molar-refractivity contribution in [2.24, 2.45) is 4.99 Å². The minimum absolute atomic E-state index is 0.0499. The summed E-state index contributed by atoms with van der Waals surface area (Å²) in [6.45, 7) is 0. The number of fused-ring (bicyclic) bond motifs is 1. The maximum absolute atomic E-state index is 12.2. The normalized spacial score (nSPS) is 15.1. The summed E-state index contributed by atoms with van der Waals surface area (Å²) >= 11 is 3.17. The quantitative estimate of drug-likeness (QED) is 0.261. The minimum atomic E-state index is -0.563. The van der Waals surface area contributed by atoms with E-state index in [1.165, 1.54) is 12.1 Å². The average Bonchev–Trinajstić information content (AvgIpc) is 3.01. The monoisotopic (exact) mass is 422 g/mol. The Kier molecular flexibility index (Phi) is 4.29. The lowest BCUT2D eigenvalue weighted by atomic mass is 10.0. The highest BCUT2D eigenvalue weighted by Crippen LogP contribution is 2.28. The Labute approximate surface area is 162 Å². The van der Waals surface area contributed by atoms with Gasteiger partial charge in [-0.3, -0.25) is 10.1 Å². The number of aliphatic imine (C=N–C) groups is 1. The molecule has 0 bridgehead atoms. The summed E-state index contributed by atoms with van der Waals surface area (Å²) in [5.74, 6) is -0.323. The van der Waals surface area contributed by atoms with Gasteiger partial charge in [-0.2, -0.15) is 0 Å². The number of nitro benzene ring substituents is 1. The lowest BCUT2D eigenvalue weighted by Gasteiger charge is -2.04. The van der Waals surface area contributed by atoms with Crippen LogP contribution in [0.25, 0.3) is 16.8 Å². The number of halogens is 1. The second-order valence-corrected chi connectivity index (χ2v) is 6.69. The van der Waals surface area contributed by atoms with Crippen LogP contribution in [0.4, 0.5) is 5.69 Å². The molecule has 1 aliphatic rings. The molecule has 1 aliphatic heterocycles. The Bertz CT molecular complexity index is 1160. The molecule has 27 heavy (non-hydrogen) atoms. The van der Waals surface area contributed by atoms with Crippen molar-refractivity contribution in [3.63, 3.8) is 0 Å². The number of hydrogen-bond donors (Lipinski definition) is 0. The number of ether oxygens (including phenoxy) is 1. The van der Waals surface area contributed by atoms with Gasteiger partial charge in [0.15, 0.2) is 5.70 Å². The predicted molar refractivity (Wildman–Crippen MR) is 105 cm³/mol. The van der Waals surface area contributed by atoms with Crippen molar-refractivity contribution < 1.29 is 14.5 Å². The predicted octanol–water partition coefficient (Wildman–Crippen LogP) is 4.86. The molecule has 0 aromatic heterocycles. The minimum Gasteiger partial charge on any atom is -0.402 e. The van der Waals surface area contributed by atoms with Crippen molar-refractivity contribution in [1.82, 2.24) is 0 Å². The molecule has 1 heterocycles. The number of carbonyl (C=O) groups is 1. The largest absolute Gasteiger partial charge is 0.402 e. The van der Waals surface area contributed by atoms with E-state index < -0.39 is 10.9 Å². The summed E-state index contributed by atoms with van der Waals surface area (Å²) in [6, 6.07) is 17.9. The Morgan fingerprint density at radius 3 is 2.63 bits per heavy atom. The van der Waals surface area contributed by atoms with Crippen LogP contribution in [-0.2, 0) is 9.53 Å². The molecule has 3 aromatic carbocycles. The molecule has 0 radical (unpaired) electrons. The van der Waals surface area contributed by atoms with E-state index in [0.717, 1.165) is 16.3 Å². The molecule has 6 nitrogen and oxygen atoms in total. The number of esters is 1. The first-order valence-corrected chi connectivity index (χ1v) is 8.77. The first kappa shape index (κ1) is 17.1. The molecule has 4 rings (SSSR count). The van der Waals surface area contributed by atoms with Gasteiger partial charge in [0, 0.05) is 11.6 Å². The number of nitrogens with zero attached hydrogens (tertiary/aromatic N) is 2. The summed E-state index contributed by atoms with van der Waals surface area (Å²) in [7, 11) is 0. The van der Waals surface area contributed by atoms with Gasteiger partial charge in [-0.05, 0) is 56.5 Å². The van der Waals surface area contributed by atoms with E-state index in [9.17, 15) is 14.9 Å². The van der Waals surface area contributed by atoms with Crippen molar-refractivity contribution in [1.29, 1.82) is 0 Å². The topological polar surface area (TPSA) is 81.8 Å².